The highest BCUT2D eigenvalue weighted by atomic mass is 32.2. The maximum atomic E-state index is 10.8. The summed E-state index contributed by atoms with van der Waals surface area (Å²) in [5.74, 6) is 0. The van der Waals surface area contributed by atoms with Crippen LogP contribution in [0, 0.1) is 0 Å². The van der Waals surface area contributed by atoms with Crippen molar-refractivity contribution < 1.29 is 8.42 Å². The molecule has 0 aliphatic carbocycles. The molecule has 0 fully saturated rings. The standard InChI is InChI=1S/C6H14N2O2S/c1-4-8(5-6(2)3)11(7,9)10/h2,4-5H2,1,3H3,(H2,7,9,10). The van der Waals surface area contributed by atoms with Crippen LogP contribution in [0.25, 0.3) is 0 Å². The lowest BCUT2D eigenvalue weighted by atomic mass is 10.3. The molecule has 66 valence electrons. The summed E-state index contributed by atoms with van der Waals surface area (Å²) in [6, 6.07) is 0. The number of nitrogens with zero attached hydrogens (tertiary/aromatic N) is 1. The van der Waals surface area contributed by atoms with E-state index in [1.54, 1.807) is 13.8 Å². The van der Waals surface area contributed by atoms with Crippen LogP contribution in [0.2, 0.25) is 0 Å². The smallest absolute Gasteiger partial charge is 0.216 e. The van der Waals surface area contributed by atoms with Gasteiger partial charge in [0.1, 0.15) is 0 Å². The minimum Gasteiger partial charge on any atom is -0.216 e. The molecular formula is C6H14N2O2S. The van der Waals surface area contributed by atoms with E-state index in [-0.39, 0.29) is 0 Å². The van der Waals surface area contributed by atoms with Gasteiger partial charge in [-0.2, -0.15) is 12.7 Å². The molecule has 4 nitrogen and oxygen atoms in total. The Kier molecular flexibility index (Phi) is 3.71. The van der Waals surface area contributed by atoms with Crippen LogP contribution in [0.4, 0.5) is 0 Å². The summed E-state index contributed by atoms with van der Waals surface area (Å²) in [5.41, 5.74) is 0.779. The van der Waals surface area contributed by atoms with Gasteiger partial charge in [0.25, 0.3) is 10.2 Å². The molecule has 0 aromatic carbocycles. The van der Waals surface area contributed by atoms with Gasteiger partial charge in [-0.05, 0) is 6.92 Å². The van der Waals surface area contributed by atoms with Crippen LogP contribution in [-0.2, 0) is 10.2 Å². The fourth-order valence-corrected chi connectivity index (χ4v) is 1.44. The molecule has 0 unspecified atom stereocenters. The Morgan fingerprint density at radius 3 is 2.18 bits per heavy atom. The number of hydrogen-bond acceptors (Lipinski definition) is 2. The quantitative estimate of drug-likeness (QED) is 0.620. The average Bonchev–Trinajstić information content (AvgIpc) is 1.79. The fourth-order valence-electron chi connectivity index (χ4n) is 0.683. The van der Waals surface area contributed by atoms with Gasteiger partial charge in [-0.1, -0.05) is 19.1 Å². The lowest BCUT2D eigenvalue weighted by Gasteiger charge is -2.16. The Balaban J connectivity index is 4.31. The van der Waals surface area contributed by atoms with Gasteiger partial charge in [0, 0.05) is 13.1 Å². The third kappa shape index (κ3) is 4.13. The van der Waals surface area contributed by atoms with Crippen LogP contribution in [0.3, 0.4) is 0 Å². The number of likely N-dealkylation sites (N-methyl/N-ethyl adjacent to an activating group) is 1. The highest BCUT2D eigenvalue weighted by Gasteiger charge is 2.13. The zero-order valence-corrected chi connectivity index (χ0v) is 7.69. The second-order valence-corrected chi connectivity index (χ2v) is 3.97. The van der Waals surface area contributed by atoms with Crippen LogP contribution in [0.1, 0.15) is 13.8 Å². The predicted molar refractivity (Wildman–Crippen MR) is 45.2 cm³/mol. The minimum atomic E-state index is -3.54. The lowest BCUT2D eigenvalue weighted by Crippen LogP contribution is -2.37. The summed E-state index contributed by atoms with van der Waals surface area (Å²) in [6.07, 6.45) is 0. The summed E-state index contributed by atoms with van der Waals surface area (Å²) >= 11 is 0. The third-order valence-electron chi connectivity index (χ3n) is 1.16. The van der Waals surface area contributed by atoms with E-state index in [1.165, 1.54) is 0 Å². The highest BCUT2D eigenvalue weighted by Crippen LogP contribution is 1.98. The summed E-state index contributed by atoms with van der Waals surface area (Å²) in [5, 5.41) is 4.90. The van der Waals surface area contributed by atoms with Gasteiger partial charge < -0.3 is 0 Å². The Labute approximate surface area is 67.9 Å². The van der Waals surface area contributed by atoms with Crippen LogP contribution in [0.5, 0.6) is 0 Å². The zero-order chi connectivity index (χ0) is 9.07. The van der Waals surface area contributed by atoms with E-state index in [0.717, 1.165) is 9.88 Å². The SMILES string of the molecule is C=C(C)CN(CC)S(N)(=O)=O. The van der Waals surface area contributed by atoms with Crippen molar-refractivity contribution in [1.82, 2.24) is 4.31 Å². The summed E-state index contributed by atoms with van der Waals surface area (Å²) in [6.45, 7) is 7.76. The first-order valence-corrected chi connectivity index (χ1v) is 4.80. The monoisotopic (exact) mass is 178 g/mol. The van der Waals surface area contributed by atoms with Crippen molar-refractivity contribution in [2.75, 3.05) is 13.1 Å². The first-order chi connectivity index (χ1) is 4.88. The molecule has 0 saturated heterocycles. The molecule has 0 aromatic heterocycles. The Hall–Kier alpha value is -0.390. The van der Waals surface area contributed by atoms with Crippen LogP contribution in [0.15, 0.2) is 12.2 Å². The molecule has 0 rings (SSSR count). The second kappa shape index (κ2) is 3.85. The van der Waals surface area contributed by atoms with E-state index in [9.17, 15) is 8.42 Å². The molecule has 0 aromatic rings. The maximum absolute atomic E-state index is 10.8. The highest BCUT2D eigenvalue weighted by molar-refractivity contribution is 7.86. The van der Waals surface area contributed by atoms with E-state index in [2.05, 4.69) is 6.58 Å². The topological polar surface area (TPSA) is 63.4 Å². The third-order valence-corrected chi connectivity index (χ3v) is 2.27. The maximum Gasteiger partial charge on any atom is 0.277 e. The van der Waals surface area contributed by atoms with Crippen molar-refractivity contribution in [2.45, 2.75) is 13.8 Å². The number of hydrogen-bond donors (Lipinski definition) is 1. The molecular weight excluding hydrogens is 164 g/mol. The lowest BCUT2D eigenvalue weighted by molar-refractivity contribution is 0.454. The van der Waals surface area contributed by atoms with E-state index in [1.807, 2.05) is 0 Å². The molecule has 2 N–H and O–H groups in total. The fraction of sp³-hybridized carbons (Fsp3) is 0.667. The van der Waals surface area contributed by atoms with Gasteiger partial charge in [0.15, 0.2) is 0 Å². The van der Waals surface area contributed by atoms with Gasteiger partial charge in [-0.15, -0.1) is 0 Å². The van der Waals surface area contributed by atoms with Gasteiger partial charge in [-0.25, -0.2) is 5.14 Å². The second-order valence-electron chi connectivity index (χ2n) is 2.43. The van der Waals surface area contributed by atoms with E-state index >= 15 is 0 Å². The van der Waals surface area contributed by atoms with E-state index < -0.39 is 10.2 Å². The largest absolute Gasteiger partial charge is 0.277 e. The molecule has 0 atom stereocenters. The van der Waals surface area contributed by atoms with Gasteiger partial charge >= 0.3 is 0 Å². The predicted octanol–water partition coefficient (Wildman–Crippen LogP) is 0.0879. The van der Waals surface area contributed by atoms with E-state index in [0.29, 0.717) is 13.1 Å². The number of nitrogens with two attached hydrogens (primary N) is 1. The molecule has 0 spiro atoms. The summed E-state index contributed by atoms with van der Waals surface area (Å²) < 4.78 is 22.7. The average molecular weight is 178 g/mol. The zero-order valence-electron chi connectivity index (χ0n) is 6.87. The Morgan fingerprint density at radius 1 is 1.64 bits per heavy atom. The van der Waals surface area contributed by atoms with Crippen molar-refractivity contribution in [2.24, 2.45) is 5.14 Å². The molecule has 0 heterocycles. The van der Waals surface area contributed by atoms with Gasteiger partial charge in [-0.3, -0.25) is 0 Å². The van der Waals surface area contributed by atoms with Crippen molar-refractivity contribution in [1.29, 1.82) is 0 Å². The molecule has 0 bridgehead atoms. The van der Waals surface area contributed by atoms with Crippen molar-refractivity contribution >= 4 is 10.2 Å². The minimum absolute atomic E-state index is 0.301. The first kappa shape index (κ1) is 10.6. The first-order valence-electron chi connectivity index (χ1n) is 3.30. The molecule has 5 heteroatoms. The van der Waals surface area contributed by atoms with Crippen LogP contribution < -0.4 is 5.14 Å². The number of rotatable bonds is 4. The Morgan fingerprint density at radius 2 is 2.09 bits per heavy atom. The Bertz CT molecular complexity index is 233. The summed E-state index contributed by atoms with van der Waals surface area (Å²) in [4.78, 5) is 0. The molecule has 0 radical (unpaired) electrons. The molecule has 11 heavy (non-hydrogen) atoms. The molecule has 0 saturated carbocycles. The van der Waals surface area contributed by atoms with E-state index in [4.69, 9.17) is 5.14 Å². The van der Waals surface area contributed by atoms with Crippen molar-refractivity contribution in [3.63, 3.8) is 0 Å². The molecule has 0 aliphatic rings. The van der Waals surface area contributed by atoms with Crippen LogP contribution in [-0.4, -0.2) is 25.8 Å². The van der Waals surface area contributed by atoms with Crippen molar-refractivity contribution in [3.05, 3.63) is 12.2 Å². The molecule has 0 amide bonds. The van der Waals surface area contributed by atoms with Gasteiger partial charge in [0.05, 0.1) is 0 Å². The normalized spacial score (nSPS) is 12.0. The van der Waals surface area contributed by atoms with Crippen molar-refractivity contribution in [3.8, 4) is 0 Å². The van der Waals surface area contributed by atoms with Gasteiger partial charge in [0.2, 0.25) is 0 Å². The van der Waals surface area contributed by atoms with Crippen LogP contribution >= 0.6 is 0 Å². The molecule has 0 aliphatic heterocycles. The summed E-state index contributed by atoms with van der Waals surface area (Å²) in [7, 11) is -3.54.